The van der Waals surface area contributed by atoms with Crippen LogP contribution in [0.4, 0.5) is 5.69 Å². The van der Waals surface area contributed by atoms with E-state index in [4.69, 9.17) is 22.1 Å². The second-order valence-corrected chi connectivity index (χ2v) is 4.80. The molecule has 1 aromatic heterocycles. The van der Waals surface area contributed by atoms with Crippen molar-refractivity contribution in [1.29, 1.82) is 0 Å². The molecule has 0 amide bonds. The van der Waals surface area contributed by atoms with Crippen molar-refractivity contribution < 1.29 is 4.74 Å². The van der Waals surface area contributed by atoms with E-state index in [1.165, 1.54) is 17.5 Å². The molecule has 18 heavy (non-hydrogen) atoms. The Morgan fingerprint density at radius 3 is 2.83 bits per heavy atom. The molecule has 0 fully saturated rings. The molecule has 0 spiro atoms. The van der Waals surface area contributed by atoms with Gasteiger partial charge in [0.05, 0.1) is 5.69 Å². The topological polar surface area (TPSA) is 48.1 Å². The highest BCUT2D eigenvalue weighted by Gasteiger charge is 2.12. The Labute approximate surface area is 111 Å². The molecule has 3 rings (SSSR count). The Balaban J connectivity index is 1.90. The summed E-state index contributed by atoms with van der Waals surface area (Å²) >= 11 is 5.83. The van der Waals surface area contributed by atoms with E-state index >= 15 is 0 Å². The van der Waals surface area contributed by atoms with Crippen molar-refractivity contribution in [2.75, 3.05) is 5.73 Å². The van der Waals surface area contributed by atoms with Crippen molar-refractivity contribution in [2.45, 2.75) is 19.3 Å². The molecule has 0 atom stereocenters. The fourth-order valence-corrected chi connectivity index (χ4v) is 2.37. The Hall–Kier alpha value is -1.74. The molecular weight excluding hydrogens is 248 g/mol. The number of nitrogens with two attached hydrogens (primary N) is 1. The van der Waals surface area contributed by atoms with Gasteiger partial charge in [0, 0.05) is 0 Å². The fourth-order valence-electron chi connectivity index (χ4n) is 2.23. The number of halogens is 1. The number of aromatic nitrogens is 1. The summed E-state index contributed by atoms with van der Waals surface area (Å²) < 4.78 is 5.69. The van der Waals surface area contributed by atoms with E-state index in [0.29, 0.717) is 16.7 Å². The molecule has 0 radical (unpaired) electrons. The van der Waals surface area contributed by atoms with Crippen LogP contribution in [0.3, 0.4) is 0 Å². The van der Waals surface area contributed by atoms with Gasteiger partial charge in [-0.15, -0.1) is 0 Å². The minimum absolute atomic E-state index is 0.362. The molecule has 0 saturated heterocycles. The third-order valence-corrected chi connectivity index (χ3v) is 3.35. The maximum atomic E-state index is 5.83. The first-order valence-electron chi connectivity index (χ1n) is 5.94. The summed E-state index contributed by atoms with van der Waals surface area (Å²) in [6.07, 6.45) is 3.49. The van der Waals surface area contributed by atoms with Crippen LogP contribution in [0.15, 0.2) is 30.3 Å². The molecule has 1 aliphatic carbocycles. The van der Waals surface area contributed by atoms with E-state index in [0.717, 1.165) is 18.6 Å². The standard InChI is InChI=1S/C14H13ClN2O/c15-13-7-6-12(16)14(17-13)18-11-5-4-9-2-1-3-10(9)8-11/h4-8H,1-3,16H2. The van der Waals surface area contributed by atoms with E-state index in [1.54, 1.807) is 12.1 Å². The molecule has 1 heterocycles. The Kier molecular flexibility index (Phi) is 2.84. The van der Waals surface area contributed by atoms with Crippen LogP contribution in [0.1, 0.15) is 17.5 Å². The summed E-state index contributed by atoms with van der Waals surface area (Å²) in [5, 5.41) is 0.375. The number of rotatable bonds is 2. The lowest BCUT2D eigenvalue weighted by Gasteiger charge is -2.09. The van der Waals surface area contributed by atoms with E-state index in [1.807, 2.05) is 6.07 Å². The third kappa shape index (κ3) is 2.14. The third-order valence-electron chi connectivity index (χ3n) is 3.14. The van der Waals surface area contributed by atoms with Gasteiger partial charge >= 0.3 is 0 Å². The number of pyridine rings is 1. The van der Waals surface area contributed by atoms with Crippen LogP contribution in [0.2, 0.25) is 5.15 Å². The Bertz CT molecular complexity index is 598. The highest BCUT2D eigenvalue weighted by atomic mass is 35.5. The first-order chi connectivity index (χ1) is 8.72. The van der Waals surface area contributed by atoms with Crippen LogP contribution < -0.4 is 10.5 Å². The predicted octanol–water partition coefficient (Wildman–Crippen LogP) is 3.60. The number of nitrogens with zero attached hydrogens (tertiary/aromatic N) is 1. The van der Waals surface area contributed by atoms with Gasteiger partial charge in [-0.2, -0.15) is 4.98 Å². The molecule has 0 saturated carbocycles. The average Bonchev–Trinajstić information content (AvgIpc) is 2.81. The number of ether oxygens (including phenoxy) is 1. The van der Waals surface area contributed by atoms with Crippen LogP contribution >= 0.6 is 11.6 Å². The number of hydrogen-bond acceptors (Lipinski definition) is 3. The molecular formula is C14H13ClN2O. The summed E-state index contributed by atoms with van der Waals surface area (Å²) in [7, 11) is 0. The minimum Gasteiger partial charge on any atom is -0.437 e. The molecule has 2 N–H and O–H groups in total. The molecule has 1 aromatic carbocycles. The van der Waals surface area contributed by atoms with Gasteiger partial charge in [-0.05, 0) is 54.7 Å². The molecule has 0 aliphatic heterocycles. The highest BCUT2D eigenvalue weighted by Crippen LogP contribution is 2.30. The number of fused-ring (bicyclic) bond motifs is 1. The first kappa shape index (κ1) is 11.4. The zero-order chi connectivity index (χ0) is 12.5. The Morgan fingerprint density at radius 2 is 1.94 bits per heavy atom. The maximum Gasteiger partial charge on any atom is 0.244 e. The van der Waals surface area contributed by atoms with E-state index < -0.39 is 0 Å². The smallest absolute Gasteiger partial charge is 0.244 e. The van der Waals surface area contributed by atoms with Crippen LogP contribution in [0.5, 0.6) is 11.6 Å². The molecule has 3 nitrogen and oxygen atoms in total. The first-order valence-corrected chi connectivity index (χ1v) is 6.32. The summed E-state index contributed by atoms with van der Waals surface area (Å²) in [6, 6.07) is 9.46. The lowest BCUT2D eigenvalue weighted by molar-refractivity contribution is 0.465. The SMILES string of the molecule is Nc1ccc(Cl)nc1Oc1ccc2c(c1)CCC2. The number of aryl methyl sites for hydroxylation is 2. The second-order valence-electron chi connectivity index (χ2n) is 4.41. The zero-order valence-corrected chi connectivity index (χ0v) is 10.6. The zero-order valence-electron chi connectivity index (χ0n) is 9.82. The van der Waals surface area contributed by atoms with Gasteiger partial charge in [0.25, 0.3) is 0 Å². The van der Waals surface area contributed by atoms with E-state index in [2.05, 4.69) is 17.1 Å². The Morgan fingerprint density at radius 1 is 1.11 bits per heavy atom. The summed E-state index contributed by atoms with van der Waals surface area (Å²) in [4.78, 5) is 4.08. The van der Waals surface area contributed by atoms with Crippen molar-refractivity contribution in [1.82, 2.24) is 4.98 Å². The molecule has 2 aromatic rings. The normalized spacial score (nSPS) is 13.4. The highest BCUT2D eigenvalue weighted by molar-refractivity contribution is 6.29. The molecule has 4 heteroatoms. The molecule has 1 aliphatic rings. The second kappa shape index (κ2) is 4.50. The van der Waals surface area contributed by atoms with E-state index in [9.17, 15) is 0 Å². The van der Waals surface area contributed by atoms with Gasteiger partial charge in [0.2, 0.25) is 5.88 Å². The predicted molar refractivity (Wildman–Crippen MR) is 72.2 cm³/mol. The van der Waals surface area contributed by atoms with Gasteiger partial charge < -0.3 is 10.5 Å². The number of anilines is 1. The number of benzene rings is 1. The van der Waals surface area contributed by atoms with Crippen molar-refractivity contribution in [3.05, 3.63) is 46.6 Å². The van der Waals surface area contributed by atoms with Crippen molar-refractivity contribution in [3.8, 4) is 11.6 Å². The average molecular weight is 261 g/mol. The monoisotopic (exact) mass is 260 g/mol. The van der Waals surface area contributed by atoms with Gasteiger partial charge in [-0.1, -0.05) is 17.7 Å². The summed E-state index contributed by atoms with van der Waals surface area (Å²) in [6.45, 7) is 0. The van der Waals surface area contributed by atoms with Crippen molar-refractivity contribution in [3.63, 3.8) is 0 Å². The lowest BCUT2D eigenvalue weighted by atomic mass is 10.1. The summed E-state index contributed by atoms with van der Waals surface area (Å²) in [5.74, 6) is 1.12. The quantitative estimate of drug-likeness (QED) is 0.840. The van der Waals surface area contributed by atoms with E-state index in [-0.39, 0.29) is 0 Å². The molecule has 0 bridgehead atoms. The van der Waals surface area contributed by atoms with Crippen LogP contribution in [-0.4, -0.2) is 4.98 Å². The lowest BCUT2D eigenvalue weighted by Crippen LogP contribution is -1.95. The van der Waals surface area contributed by atoms with Crippen LogP contribution in [0.25, 0.3) is 0 Å². The fraction of sp³-hybridized carbons (Fsp3) is 0.214. The van der Waals surface area contributed by atoms with Gasteiger partial charge in [-0.3, -0.25) is 0 Å². The van der Waals surface area contributed by atoms with Gasteiger partial charge in [0.1, 0.15) is 10.9 Å². The minimum atomic E-state index is 0.362. The number of hydrogen-bond donors (Lipinski definition) is 1. The number of nitrogen functional groups attached to an aromatic ring is 1. The largest absolute Gasteiger partial charge is 0.437 e. The van der Waals surface area contributed by atoms with Crippen LogP contribution in [0, 0.1) is 0 Å². The molecule has 0 unspecified atom stereocenters. The molecule has 92 valence electrons. The maximum absolute atomic E-state index is 5.83. The van der Waals surface area contributed by atoms with Crippen LogP contribution in [-0.2, 0) is 12.8 Å². The van der Waals surface area contributed by atoms with Crippen molar-refractivity contribution in [2.24, 2.45) is 0 Å². The van der Waals surface area contributed by atoms with Gasteiger partial charge in [0.15, 0.2) is 0 Å². The van der Waals surface area contributed by atoms with Gasteiger partial charge in [-0.25, -0.2) is 0 Å². The van der Waals surface area contributed by atoms with Crippen molar-refractivity contribution >= 4 is 17.3 Å². The summed E-state index contributed by atoms with van der Waals surface area (Å²) in [5.41, 5.74) is 9.06.